The molecule has 1 aromatic carbocycles. The summed E-state index contributed by atoms with van der Waals surface area (Å²) < 4.78 is 1.05. The largest absolute Gasteiger partial charge is 0.353 e. The van der Waals surface area contributed by atoms with Crippen LogP contribution in [-0.4, -0.2) is 11.9 Å². The van der Waals surface area contributed by atoms with E-state index in [2.05, 4.69) is 21.2 Å². The van der Waals surface area contributed by atoms with Crippen molar-refractivity contribution in [1.29, 1.82) is 0 Å². The van der Waals surface area contributed by atoms with Crippen LogP contribution in [0.15, 0.2) is 28.7 Å². The van der Waals surface area contributed by atoms with Gasteiger partial charge in [-0.05, 0) is 30.5 Å². The third-order valence-corrected chi connectivity index (χ3v) is 2.75. The van der Waals surface area contributed by atoms with Crippen molar-refractivity contribution in [2.24, 2.45) is 0 Å². The van der Waals surface area contributed by atoms with Gasteiger partial charge in [-0.3, -0.25) is 4.79 Å². The highest BCUT2D eigenvalue weighted by Gasteiger charge is 2.22. The van der Waals surface area contributed by atoms with Crippen molar-refractivity contribution in [3.8, 4) is 0 Å². The molecule has 0 bridgehead atoms. The van der Waals surface area contributed by atoms with Crippen LogP contribution >= 0.6 is 15.9 Å². The van der Waals surface area contributed by atoms with Gasteiger partial charge in [0.1, 0.15) is 0 Å². The Balaban J connectivity index is 1.89. The van der Waals surface area contributed by atoms with Crippen LogP contribution < -0.4 is 5.32 Å². The number of carbonyl (C=O) groups excluding carboxylic acids is 1. The Morgan fingerprint density at radius 1 is 1.36 bits per heavy atom. The van der Waals surface area contributed by atoms with Crippen molar-refractivity contribution in [1.82, 2.24) is 5.32 Å². The Hall–Kier alpha value is -0.830. The van der Waals surface area contributed by atoms with E-state index in [-0.39, 0.29) is 5.91 Å². The third kappa shape index (κ3) is 2.84. The van der Waals surface area contributed by atoms with Crippen LogP contribution in [0.4, 0.5) is 0 Å². The first-order valence-electron chi connectivity index (χ1n) is 4.78. The quantitative estimate of drug-likeness (QED) is 0.880. The molecule has 1 amide bonds. The van der Waals surface area contributed by atoms with E-state index in [0.717, 1.165) is 22.9 Å². The van der Waals surface area contributed by atoms with Gasteiger partial charge >= 0.3 is 0 Å². The lowest BCUT2D eigenvalue weighted by molar-refractivity contribution is -0.120. The van der Waals surface area contributed by atoms with Crippen molar-refractivity contribution in [2.45, 2.75) is 25.3 Å². The summed E-state index contributed by atoms with van der Waals surface area (Å²) in [6.07, 6.45) is 2.78. The van der Waals surface area contributed by atoms with Gasteiger partial charge in [0, 0.05) is 10.5 Å². The van der Waals surface area contributed by atoms with Gasteiger partial charge in [-0.2, -0.15) is 0 Å². The molecule has 3 heteroatoms. The highest BCUT2D eigenvalue weighted by molar-refractivity contribution is 9.10. The van der Waals surface area contributed by atoms with Crippen LogP contribution in [0.1, 0.15) is 18.4 Å². The zero-order valence-electron chi connectivity index (χ0n) is 7.79. The molecule has 0 aliphatic heterocycles. The summed E-state index contributed by atoms with van der Waals surface area (Å²) in [6, 6.07) is 8.31. The van der Waals surface area contributed by atoms with E-state index in [4.69, 9.17) is 0 Å². The Kier molecular flexibility index (Phi) is 2.87. The van der Waals surface area contributed by atoms with Crippen molar-refractivity contribution >= 4 is 21.8 Å². The molecule has 0 spiro atoms. The molecule has 1 saturated carbocycles. The molecule has 0 heterocycles. The van der Waals surface area contributed by atoms with E-state index < -0.39 is 0 Å². The topological polar surface area (TPSA) is 29.1 Å². The lowest BCUT2D eigenvalue weighted by Crippen LogP contribution is -2.26. The molecule has 1 fully saturated rings. The second-order valence-corrected chi connectivity index (χ2v) is 4.56. The van der Waals surface area contributed by atoms with Crippen LogP contribution in [0.25, 0.3) is 0 Å². The minimum atomic E-state index is 0.134. The zero-order chi connectivity index (χ0) is 9.97. The maximum absolute atomic E-state index is 11.4. The van der Waals surface area contributed by atoms with Gasteiger partial charge in [-0.15, -0.1) is 0 Å². The smallest absolute Gasteiger partial charge is 0.224 e. The Bertz CT molecular complexity index is 330. The fourth-order valence-electron chi connectivity index (χ4n) is 1.29. The molecule has 2 rings (SSSR count). The average molecular weight is 254 g/mol. The molecule has 2 nitrogen and oxygen atoms in total. The highest BCUT2D eigenvalue weighted by Crippen LogP contribution is 2.18. The van der Waals surface area contributed by atoms with Gasteiger partial charge in [0.2, 0.25) is 5.91 Å². The predicted octanol–water partition coefficient (Wildman–Crippen LogP) is 2.27. The van der Waals surface area contributed by atoms with Crippen molar-refractivity contribution in [2.75, 3.05) is 0 Å². The number of hydrogen-bond donors (Lipinski definition) is 1. The number of nitrogens with one attached hydrogen (secondary N) is 1. The molecule has 14 heavy (non-hydrogen) atoms. The fraction of sp³-hybridized carbons (Fsp3) is 0.364. The maximum Gasteiger partial charge on any atom is 0.224 e. The summed E-state index contributed by atoms with van der Waals surface area (Å²) in [5.74, 6) is 0.134. The number of halogens is 1. The van der Waals surface area contributed by atoms with Crippen LogP contribution in [0.2, 0.25) is 0 Å². The molecular weight excluding hydrogens is 242 g/mol. The molecule has 0 aromatic heterocycles. The number of rotatable bonds is 3. The Morgan fingerprint density at radius 2 is 2.00 bits per heavy atom. The standard InChI is InChI=1S/C11H12BrNO/c12-9-3-1-8(2-4-9)7-11(14)13-10-5-6-10/h1-4,10H,5-7H2,(H,13,14). The van der Waals surface area contributed by atoms with Crippen molar-refractivity contribution < 1.29 is 4.79 Å². The van der Waals surface area contributed by atoms with Crippen molar-refractivity contribution in [3.63, 3.8) is 0 Å². The molecule has 1 aliphatic carbocycles. The number of carbonyl (C=O) groups is 1. The van der Waals surface area contributed by atoms with E-state index >= 15 is 0 Å². The van der Waals surface area contributed by atoms with Crippen LogP contribution in [0.5, 0.6) is 0 Å². The Labute approximate surface area is 91.8 Å². The summed E-state index contributed by atoms with van der Waals surface area (Å²) in [6.45, 7) is 0. The predicted molar refractivity (Wildman–Crippen MR) is 59.0 cm³/mol. The fourth-order valence-corrected chi connectivity index (χ4v) is 1.56. The molecule has 0 atom stereocenters. The lowest BCUT2D eigenvalue weighted by Gasteiger charge is -2.03. The van der Waals surface area contributed by atoms with Gasteiger partial charge < -0.3 is 5.32 Å². The SMILES string of the molecule is O=C(Cc1ccc(Br)cc1)NC1CC1. The summed E-state index contributed by atoms with van der Waals surface area (Å²) in [5, 5.41) is 2.97. The molecular formula is C11H12BrNO. The summed E-state index contributed by atoms with van der Waals surface area (Å²) >= 11 is 3.36. The van der Waals surface area contributed by atoms with Crippen LogP contribution in [0.3, 0.4) is 0 Å². The highest BCUT2D eigenvalue weighted by atomic mass is 79.9. The van der Waals surface area contributed by atoms with Gasteiger partial charge in [-0.25, -0.2) is 0 Å². The zero-order valence-corrected chi connectivity index (χ0v) is 9.38. The lowest BCUT2D eigenvalue weighted by atomic mass is 10.1. The first kappa shape index (κ1) is 9.71. The summed E-state index contributed by atoms with van der Waals surface area (Å²) in [4.78, 5) is 11.4. The summed E-state index contributed by atoms with van der Waals surface area (Å²) in [7, 11) is 0. The molecule has 1 aliphatic rings. The van der Waals surface area contributed by atoms with E-state index in [1.807, 2.05) is 24.3 Å². The van der Waals surface area contributed by atoms with Gasteiger partial charge in [0.25, 0.3) is 0 Å². The van der Waals surface area contributed by atoms with Crippen molar-refractivity contribution in [3.05, 3.63) is 34.3 Å². The molecule has 1 aromatic rings. The van der Waals surface area contributed by atoms with Gasteiger partial charge in [-0.1, -0.05) is 28.1 Å². The molecule has 1 N–H and O–H groups in total. The number of amides is 1. The monoisotopic (exact) mass is 253 g/mol. The second kappa shape index (κ2) is 4.13. The normalized spacial score (nSPS) is 15.2. The average Bonchev–Trinajstić information content (AvgIpc) is 2.93. The minimum absolute atomic E-state index is 0.134. The van der Waals surface area contributed by atoms with E-state index in [1.165, 1.54) is 0 Å². The molecule has 74 valence electrons. The van der Waals surface area contributed by atoms with Crippen LogP contribution in [-0.2, 0) is 11.2 Å². The first-order valence-corrected chi connectivity index (χ1v) is 5.57. The molecule has 0 radical (unpaired) electrons. The van der Waals surface area contributed by atoms with E-state index in [0.29, 0.717) is 12.5 Å². The minimum Gasteiger partial charge on any atom is -0.353 e. The molecule has 0 unspecified atom stereocenters. The van der Waals surface area contributed by atoms with Gasteiger partial charge in [0.05, 0.1) is 6.42 Å². The number of hydrogen-bond acceptors (Lipinski definition) is 1. The van der Waals surface area contributed by atoms with Crippen LogP contribution in [0, 0.1) is 0 Å². The van der Waals surface area contributed by atoms with E-state index in [1.54, 1.807) is 0 Å². The van der Waals surface area contributed by atoms with Gasteiger partial charge in [0.15, 0.2) is 0 Å². The third-order valence-electron chi connectivity index (χ3n) is 2.22. The molecule has 0 saturated heterocycles. The number of benzene rings is 1. The first-order chi connectivity index (χ1) is 6.74. The Morgan fingerprint density at radius 3 is 2.57 bits per heavy atom. The maximum atomic E-state index is 11.4. The van der Waals surface area contributed by atoms with E-state index in [9.17, 15) is 4.79 Å². The summed E-state index contributed by atoms with van der Waals surface area (Å²) in [5.41, 5.74) is 1.06. The second-order valence-electron chi connectivity index (χ2n) is 3.65.